The predicted molar refractivity (Wildman–Crippen MR) is 96.1 cm³/mol. The maximum atomic E-state index is 13.1. The Labute approximate surface area is 147 Å². The van der Waals surface area contributed by atoms with Gasteiger partial charge in [-0.2, -0.15) is 0 Å². The monoisotopic (exact) mass is 334 g/mol. The number of hydrogen-bond acceptors (Lipinski definition) is 2. The summed E-state index contributed by atoms with van der Waals surface area (Å²) in [7, 11) is 0. The first-order valence-corrected chi connectivity index (χ1v) is 8.91. The average Bonchev–Trinajstić information content (AvgIpc) is 3.02. The molecule has 25 heavy (non-hydrogen) atoms. The number of hydrogen-bond donors (Lipinski definition) is 1. The number of amides is 2. The van der Waals surface area contributed by atoms with Crippen molar-refractivity contribution < 1.29 is 9.59 Å². The third-order valence-electron chi connectivity index (χ3n) is 5.31. The van der Waals surface area contributed by atoms with E-state index in [1.54, 1.807) is 4.90 Å². The van der Waals surface area contributed by atoms with E-state index in [1.165, 1.54) is 11.1 Å². The van der Waals surface area contributed by atoms with Crippen molar-refractivity contribution in [2.45, 2.75) is 38.3 Å². The fourth-order valence-electron chi connectivity index (χ4n) is 4.12. The molecule has 1 aliphatic carbocycles. The molecule has 1 N–H and O–H groups in total. The molecular formula is C21H22N2O2. The summed E-state index contributed by atoms with van der Waals surface area (Å²) in [6.45, 7) is 2.47. The van der Waals surface area contributed by atoms with Crippen molar-refractivity contribution in [3.05, 3.63) is 70.8 Å². The van der Waals surface area contributed by atoms with Gasteiger partial charge in [0.2, 0.25) is 11.8 Å². The summed E-state index contributed by atoms with van der Waals surface area (Å²) in [4.78, 5) is 27.2. The number of carbonyl (C=O) groups is 2. The van der Waals surface area contributed by atoms with Crippen LogP contribution in [0.5, 0.6) is 0 Å². The minimum atomic E-state index is -0.522. The molecule has 0 bridgehead atoms. The highest BCUT2D eigenvalue weighted by Crippen LogP contribution is 2.31. The van der Waals surface area contributed by atoms with Crippen LogP contribution in [0, 0.1) is 0 Å². The van der Waals surface area contributed by atoms with Gasteiger partial charge in [0.1, 0.15) is 6.04 Å². The standard InChI is InChI=1S/C21H22N2O2/c1-2-23-19(24)13-16-9-5-6-10-18(16)20(23)21(25)22-17-11-14-7-3-4-8-15(14)12-17/h3-10,17,20H,2,11-13H2,1H3,(H,22,25)/t20-/m0/s1. The number of carbonyl (C=O) groups excluding carboxylic acids is 2. The molecule has 0 spiro atoms. The van der Waals surface area contributed by atoms with Gasteiger partial charge in [-0.3, -0.25) is 9.59 Å². The van der Waals surface area contributed by atoms with E-state index in [0.717, 1.165) is 24.0 Å². The molecule has 2 aliphatic rings. The van der Waals surface area contributed by atoms with Crippen molar-refractivity contribution in [1.82, 2.24) is 10.2 Å². The predicted octanol–water partition coefficient (Wildman–Crippen LogP) is 2.42. The fraction of sp³-hybridized carbons (Fsp3) is 0.333. The van der Waals surface area contributed by atoms with Crippen LogP contribution in [0.2, 0.25) is 0 Å². The van der Waals surface area contributed by atoms with Crippen LogP contribution < -0.4 is 5.32 Å². The van der Waals surface area contributed by atoms with Crippen LogP contribution in [-0.4, -0.2) is 29.3 Å². The Bertz CT molecular complexity index is 805. The first kappa shape index (κ1) is 15.9. The Balaban J connectivity index is 1.57. The lowest BCUT2D eigenvalue weighted by Crippen LogP contribution is -2.49. The lowest BCUT2D eigenvalue weighted by Gasteiger charge is -2.36. The number of nitrogens with one attached hydrogen (secondary N) is 1. The zero-order valence-electron chi connectivity index (χ0n) is 14.4. The largest absolute Gasteiger partial charge is 0.351 e. The van der Waals surface area contributed by atoms with E-state index in [9.17, 15) is 9.59 Å². The highest BCUT2D eigenvalue weighted by molar-refractivity contribution is 5.92. The van der Waals surface area contributed by atoms with Gasteiger partial charge >= 0.3 is 0 Å². The van der Waals surface area contributed by atoms with Gasteiger partial charge in [0.05, 0.1) is 6.42 Å². The molecule has 0 saturated carbocycles. The second-order valence-corrected chi connectivity index (χ2v) is 6.84. The zero-order valence-corrected chi connectivity index (χ0v) is 14.4. The van der Waals surface area contributed by atoms with Crippen molar-refractivity contribution in [2.24, 2.45) is 0 Å². The van der Waals surface area contributed by atoms with Crippen LogP contribution in [0.4, 0.5) is 0 Å². The van der Waals surface area contributed by atoms with Crippen LogP contribution in [0.1, 0.15) is 35.2 Å². The second kappa shape index (κ2) is 6.36. The lowest BCUT2D eigenvalue weighted by atomic mass is 9.91. The van der Waals surface area contributed by atoms with E-state index in [1.807, 2.05) is 43.3 Å². The molecule has 1 heterocycles. The summed E-state index contributed by atoms with van der Waals surface area (Å²) in [6.07, 6.45) is 2.09. The van der Waals surface area contributed by atoms with Gasteiger partial charge in [0.15, 0.2) is 0 Å². The van der Waals surface area contributed by atoms with E-state index < -0.39 is 6.04 Å². The molecule has 0 unspecified atom stereocenters. The Hall–Kier alpha value is -2.62. The Morgan fingerprint density at radius 3 is 2.28 bits per heavy atom. The summed E-state index contributed by atoms with van der Waals surface area (Å²) >= 11 is 0. The second-order valence-electron chi connectivity index (χ2n) is 6.84. The van der Waals surface area contributed by atoms with Crippen LogP contribution in [-0.2, 0) is 28.9 Å². The summed E-state index contributed by atoms with van der Waals surface area (Å²) in [6, 6.07) is 15.7. The van der Waals surface area contributed by atoms with Gasteiger partial charge in [-0.15, -0.1) is 0 Å². The van der Waals surface area contributed by atoms with Gasteiger partial charge < -0.3 is 10.2 Å². The molecule has 4 nitrogen and oxygen atoms in total. The van der Waals surface area contributed by atoms with Gasteiger partial charge in [0, 0.05) is 12.6 Å². The summed E-state index contributed by atoms with van der Waals surface area (Å²) in [5, 5.41) is 3.19. The van der Waals surface area contributed by atoms with Crippen molar-refractivity contribution in [1.29, 1.82) is 0 Å². The Morgan fingerprint density at radius 2 is 1.64 bits per heavy atom. The highest BCUT2D eigenvalue weighted by Gasteiger charge is 2.37. The smallest absolute Gasteiger partial charge is 0.247 e. The quantitative estimate of drug-likeness (QED) is 0.937. The Morgan fingerprint density at radius 1 is 1.04 bits per heavy atom. The number of nitrogens with zero attached hydrogens (tertiary/aromatic N) is 1. The maximum Gasteiger partial charge on any atom is 0.247 e. The third-order valence-corrected chi connectivity index (χ3v) is 5.31. The van der Waals surface area contributed by atoms with Gasteiger partial charge in [-0.1, -0.05) is 48.5 Å². The summed E-state index contributed by atoms with van der Waals surface area (Å²) in [5.41, 5.74) is 4.53. The number of rotatable bonds is 3. The first-order chi connectivity index (χ1) is 12.2. The number of benzene rings is 2. The van der Waals surface area contributed by atoms with E-state index in [-0.39, 0.29) is 17.9 Å². The van der Waals surface area contributed by atoms with Crippen molar-refractivity contribution in [2.75, 3.05) is 6.54 Å². The minimum Gasteiger partial charge on any atom is -0.351 e. The topological polar surface area (TPSA) is 49.4 Å². The summed E-state index contributed by atoms with van der Waals surface area (Å²) in [5.74, 6) is -0.0452. The highest BCUT2D eigenvalue weighted by atomic mass is 16.2. The molecule has 4 heteroatoms. The molecule has 0 aromatic heterocycles. The number of fused-ring (bicyclic) bond motifs is 2. The van der Waals surface area contributed by atoms with Crippen LogP contribution in [0.25, 0.3) is 0 Å². The first-order valence-electron chi connectivity index (χ1n) is 8.91. The molecule has 0 saturated heterocycles. The van der Waals surface area contributed by atoms with Crippen molar-refractivity contribution in [3.8, 4) is 0 Å². The van der Waals surface area contributed by atoms with Gasteiger partial charge in [0.25, 0.3) is 0 Å². The minimum absolute atomic E-state index is 0.0241. The fourth-order valence-corrected chi connectivity index (χ4v) is 4.12. The summed E-state index contributed by atoms with van der Waals surface area (Å²) < 4.78 is 0. The maximum absolute atomic E-state index is 13.1. The van der Waals surface area contributed by atoms with Crippen LogP contribution in [0.15, 0.2) is 48.5 Å². The van der Waals surface area contributed by atoms with Gasteiger partial charge in [-0.25, -0.2) is 0 Å². The molecule has 128 valence electrons. The average molecular weight is 334 g/mol. The molecule has 4 rings (SSSR count). The van der Waals surface area contributed by atoms with Gasteiger partial charge in [-0.05, 0) is 42.0 Å². The normalized spacial score (nSPS) is 19.5. The molecule has 2 aromatic carbocycles. The van der Waals surface area contributed by atoms with E-state index >= 15 is 0 Å². The van der Waals surface area contributed by atoms with Crippen molar-refractivity contribution in [3.63, 3.8) is 0 Å². The molecule has 0 radical (unpaired) electrons. The van der Waals surface area contributed by atoms with E-state index in [4.69, 9.17) is 0 Å². The van der Waals surface area contributed by atoms with Crippen LogP contribution in [0.3, 0.4) is 0 Å². The molecule has 2 aromatic rings. The third kappa shape index (κ3) is 2.82. The SMILES string of the molecule is CCN1C(=O)Cc2ccccc2[C@H]1C(=O)NC1Cc2ccccc2C1. The molecule has 0 fully saturated rings. The molecule has 1 atom stereocenters. The molecule has 1 aliphatic heterocycles. The van der Waals surface area contributed by atoms with E-state index in [0.29, 0.717) is 13.0 Å². The van der Waals surface area contributed by atoms with Crippen LogP contribution >= 0.6 is 0 Å². The van der Waals surface area contributed by atoms with E-state index in [2.05, 4.69) is 17.4 Å². The lowest BCUT2D eigenvalue weighted by molar-refractivity contribution is -0.141. The Kier molecular flexibility index (Phi) is 4.04. The van der Waals surface area contributed by atoms with Crippen molar-refractivity contribution >= 4 is 11.8 Å². The molecule has 2 amide bonds. The molecular weight excluding hydrogens is 312 g/mol. The number of likely N-dealkylation sites (N-methyl/N-ethyl adjacent to an activating group) is 1. The zero-order chi connectivity index (χ0) is 17.4.